The average Bonchev–Trinajstić information content (AvgIpc) is 3.06. The molecule has 0 atom stereocenters. The van der Waals surface area contributed by atoms with Crippen LogP contribution in [0.1, 0.15) is 22.3 Å². The number of ether oxygens (including phenoxy) is 2. The van der Waals surface area contributed by atoms with Crippen LogP contribution in [0, 0.1) is 12.7 Å². The Morgan fingerprint density at radius 3 is 2.62 bits per heavy atom. The van der Waals surface area contributed by atoms with Gasteiger partial charge in [0.15, 0.2) is 11.5 Å². The normalized spacial score (nSPS) is 14.5. The monoisotopic (exact) mass is 524 g/mol. The lowest BCUT2D eigenvalue weighted by molar-refractivity contribution is -0.123. The number of benzene rings is 3. The van der Waals surface area contributed by atoms with Gasteiger partial charge in [-0.05, 0) is 58.3 Å². The van der Waals surface area contributed by atoms with Gasteiger partial charge in [-0.1, -0.05) is 48.0 Å². The van der Waals surface area contributed by atoms with Crippen molar-refractivity contribution in [3.05, 3.63) is 98.9 Å². The molecule has 0 aliphatic carbocycles. The first kappa shape index (κ1) is 23.5. The Hall–Kier alpha value is -3.65. The molecule has 34 heavy (non-hydrogen) atoms. The third kappa shape index (κ3) is 5.12. The lowest BCUT2D eigenvalue weighted by atomic mass is 10.1. The average molecular weight is 525 g/mol. The van der Waals surface area contributed by atoms with Gasteiger partial charge in [-0.3, -0.25) is 9.69 Å². The SMILES string of the molecule is COc1cc(/C=C2/NC(=O)N(Cc3ccccc3F)C2=O)cc(Br)c1OCc1cccc(C)c1. The first-order valence-electron chi connectivity index (χ1n) is 10.5. The van der Waals surface area contributed by atoms with E-state index in [-0.39, 0.29) is 17.8 Å². The van der Waals surface area contributed by atoms with Crippen LogP contribution in [-0.2, 0) is 17.9 Å². The van der Waals surface area contributed by atoms with E-state index in [1.54, 1.807) is 30.3 Å². The van der Waals surface area contributed by atoms with Crippen LogP contribution < -0.4 is 14.8 Å². The van der Waals surface area contributed by atoms with E-state index in [9.17, 15) is 14.0 Å². The van der Waals surface area contributed by atoms with Crippen molar-refractivity contribution >= 4 is 33.9 Å². The fourth-order valence-electron chi connectivity index (χ4n) is 3.60. The van der Waals surface area contributed by atoms with Gasteiger partial charge < -0.3 is 14.8 Å². The predicted molar refractivity (Wildman–Crippen MR) is 130 cm³/mol. The van der Waals surface area contributed by atoms with Crippen molar-refractivity contribution in [1.82, 2.24) is 10.2 Å². The van der Waals surface area contributed by atoms with E-state index in [0.717, 1.165) is 16.0 Å². The molecule has 1 saturated heterocycles. The molecule has 1 fully saturated rings. The number of imide groups is 1. The van der Waals surface area contributed by atoms with Crippen molar-refractivity contribution in [2.75, 3.05) is 7.11 Å². The largest absolute Gasteiger partial charge is 0.493 e. The quantitative estimate of drug-likeness (QED) is 0.323. The summed E-state index contributed by atoms with van der Waals surface area (Å²) in [4.78, 5) is 26.1. The highest BCUT2D eigenvalue weighted by Gasteiger charge is 2.34. The highest BCUT2D eigenvalue weighted by atomic mass is 79.9. The van der Waals surface area contributed by atoms with Gasteiger partial charge in [-0.2, -0.15) is 0 Å². The van der Waals surface area contributed by atoms with E-state index >= 15 is 0 Å². The molecule has 0 aromatic heterocycles. The van der Waals surface area contributed by atoms with Crippen LogP contribution in [0.3, 0.4) is 0 Å². The lowest BCUT2D eigenvalue weighted by Gasteiger charge is -2.14. The molecular weight excluding hydrogens is 503 g/mol. The molecule has 3 aromatic rings. The number of rotatable bonds is 7. The number of hydrogen-bond acceptors (Lipinski definition) is 4. The number of nitrogens with zero attached hydrogens (tertiary/aromatic N) is 1. The Bertz CT molecular complexity index is 1290. The summed E-state index contributed by atoms with van der Waals surface area (Å²) in [7, 11) is 1.52. The number of carbonyl (C=O) groups is 2. The third-order valence-corrected chi connectivity index (χ3v) is 5.87. The molecule has 3 amide bonds. The smallest absolute Gasteiger partial charge is 0.329 e. The third-order valence-electron chi connectivity index (χ3n) is 5.28. The summed E-state index contributed by atoms with van der Waals surface area (Å²) in [5, 5.41) is 2.55. The van der Waals surface area contributed by atoms with Crippen molar-refractivity contribution in [2.45, 2.75) is 20.1 Å². The summed E-state index contributed by atoms with van der Waals surface area (Å²) in [6.45, 7) is 2.22. The van der Waals surface area contributed by atoms with Gasteiger partial charge in [0, 0.05) is 5.56 Å². The van der Waals surface area contributed by atoms with Crippen LogP contribution >= 0.6 is 15.9 Å². The molecule has 0 bridgehead atoms. The van der Waals surface area contributed by atoms with Crippen molar-refractivity contribution < 1.29 is 23.5 Å². The molecule has 1 aliphatic rings. The summed E-state index contributed by atoms with van der Waals surface area (Å²) in [6.07, 6.45) is 1.54. The Labute approximate surface area is 205 Å². The molecule has 6 nitrogen and oxygen atoms in total. The Morgan fingerprint density at radius 1 is 1.09 bits per heavy atom. The number of methoxy groups -OCH3 is 1. The molecular formula is C26H22BrFN2O4. The fourth-order valence-corrected chi connectivity index (χ4v) is 4.17. The number of hydrogen-bond donors (Lipinski definition) is 1. The molecule has 0 spiro atoms. The minimum Gasteiger partial charge on any atom is -0.493 e. The Kier molecular flexibility index (Phi) is 6.98. The molecule has 1 N–H and O–H groups in total. The highest BCUT2D eigenvalue weighted by molar-refractivity contribution is 9.10. The Balaban J connectivity index is 1.54. The second-order valence-corrected chi connectivity index (χ2v) is 8.64. The van der Waals surface area contributed by atoms with Crippen molar-refractivity contribution in [3.63, 3.8) is 0 Å². The minimum atomic E-state index is -0.608. The Morgan fingerprint density at radius 2 is 1.88 bits per heavy atom. The maximum atomic E-state index is 14.0. The summed E-state index contributed by atoms with van der Waals surface area (Å²) in [5.41, 5.74) is 3.12. The number of amides is 3. The van der Waals surface area contributed by atoms with Gasteiger partial charge in [0.25, 0.3) is 5.91 Å². The van der Waals surface area contributed by atoms with E-state index in [2.05, 4.69) is 21.2 Å². The molecule has 4 rings (SSSR count). The number of nitrogens with one attached hydrogen (secondary N) is 1. The first-order chi connectivity index (χ1) is 16.4. The zero-order chi connectivity index (χ0) is 24.2. The van der Waals surface area contributed by atoms with Crippen molar-refractivity contribution in [2.24, 2.45) is 0 Å². The van der Waals surface area contributed by atoms with Crippen LogP contribution in [0.4, 0.5) is 9.18 Å². The predicted octanol–water partition coefficient (Wildman–Crippen LogP) is 5.58. The van der Waals surface area contributed by atoms with E-state index in [4.69, 9.17) is 9.47 Å². The number of aryl methyl sites for hydroxylation is 1. The van der Waals surface area contributed by atoms with Gasteiger partial charge in [-0.15, -0.1) is 0 Å². The van der Waals surface area contributed by atoms with E-state index < -0.39 is 17.8 Å². The summed E-state index contributed by atoms with van der Waals surface area (Å²) >= 11 is 3.51. The second-order valence-electron chi connectivity index (χ2n) is 7.78. The number of urea groups is 1. The number of halogens is 2. The highest BCUT2D eigenvalue weighted by Crippen LogP contribution is 2.38. The van der Waals surface area contributed by atoms with Gasteiger partial charge in [0.1, 0.15) is 18.1 Å². The van der Waals surface area contributed by atoms with Crippen LogP contribution in [0.25, 0.3) is 6.08 Å². The zero-order valence-electron chi connectivity index (χ0n) is 18.6. The van der Waals surface area contributed by atoms with Gasteiger partial charge in [0.05, 0.1) is 18.1 Å². The van der Waals surface area contributed by atoms with Crippen LogP contribution in [0.15, 0.2) is 70.8 Å². The number of carbonyl (C=O) groups excluding carboxylic acids is 2. The maximum absolute atomic E-state index is 14.0. The zero-order valence-corrected chi connectivity index (χ0v) is 20.2. The topological polar surface area (TPSA) is 67.9 Å². The molecule has 0 radical (unpaired) electrons. The van der Waals surface area contributed by atoms with Crippen LogP contribution in [-0.4, -0.2) is 23.9 Å². The van der Waals surface area contributed by atoms with Gasteiger partial charge in [-0.25, -0.2) is 9.18 Å². The van der Waals surface area contributed by atoms with Crippen LogP contribution in [0.5, 0.6) is 11.5 Å². The molecule has 174 valence electrons. The maximum Gasteiger partial charge on any atom is 0.329 e. The molecule has 8 heteroatoms. The second kappa shape index (κ2) is 10.1. The molecule has 0 unspecified atom stereocenters. The minimum absolute atomic E-state index is 0.0868. The summed E-state index contributed by atoms with van der Waals surface area (Å²) < 4.78 is 26.1. The molecule has 0 saturated carbocycles. The molecule has 1 heterocycles. The van der Waals surface area contributed by atoms with E-state index in [0.29, 0.717) is 28.1 Å². The summed E-state index contributed by atoms with van der Waals surface area (Å²) in [5.74, 6) is -0.0263. The van der Waals surface area contributed by atoms with Crippen molar-refractivity contribution in [3.8, 4) is 11.5 Å². The lowest BCUT2D eigenvalue weighted by Crippen LogP contribution is -2.30. The van der Waals surface area contributed by atoms with E-state index in [1.807, 2.05) is 31.2 Å². The first-order valence-corrected chi connectivity index (χ1v) is 11.3. The molecule has 3 aromatic carbocycles. The molecule has 1 aliphatic heterocycles. The van der Waals surface area contributed by atoms with Gasteiger partial charge in [0.2, 0.25) is 0 Å². The summed E-state index contributed by atoms with van der Waals surface area (Å²) in [6, 6.07) is 16.9. The van der Waals surface area contributed by atoms with E-state index in [1.165, 1.54) is 19.2 Å². The van der Waals surface area contributed by atoms with Crippen LogP contribution in [0.2, 0.25) is 0 Å². The van der Waals surface area contributed by atoms with Gasteiger partial charge >= 0.3 is 6.03 Å². The van der Waals surface area contributed by atoms with Crippen molar-refractivity contribution in [1.29, 1.82) is 0 Å². The fraction of sp³-hybridized carbons (Fsp3) is 0.154. The standard InChI is InChI=1S/C26H22BrFN2O4/c1-16-6-5-7-17(10-16)15-34-24-20(27)11-18(13-23(24)33-2)12-22-25(31)30(26(32)29-22)14-19-8-3-4-9-21(19)28/h3-13H,14-15H2,1-2H3,(H,29,32)/b22-12+.